The van der Waals surface area contributed by atoms with Gasteiger partial charge in [-0.1, -0.05) is 18.2 Å². The first kappa shape index (κ1) is 21.2. The minimum Gasteiger partial charge on any atom is -0.313 e. The highest BCUT2D eigenvalue weighted by Gasteiger charge is 2.22. The third-order valence-electron chi connectivity index (χ3n) is 3.72. The molecule has 1 aliphatic heterocycles. The van der Waals surface area contributed by atoms with Crippen molar-refractivity contribution in [2.75, 3.05) is 38.6 Å². The molecule has 2 rings (SSSR count). The molecule has 0 aromatic heterocycles. The van der Waals surface area contributed by atoms with Crippen molar-refractivity contribution in [3.8, 4) is 0 Å². The maximum atomic E-state index is 12.6. The molecule has 0 bridgehead atoms. The van der Waals surface area contributed by atoms with E-state index in [0.717, 1.165) is 31.7 Å². The molecule has 1 aromatic carbocycles. The molecule has 6 heteroatoms. The lowest BCUT2D eigenvalue weighted by atomic mass is 10.1. The van der Waals surface area contributed by atoms with Crippen molar-refractivity contribution < 1.29 is 4.79 Å². The molecule has 1 atom stereocenters. The Kier molecular flexibility index (Phi) is 10.4. The number of para-hydroxylation sites is 1. The summed E-state index contributed by atoms with van der Waals surface area (Å²) >= 11 is 0. The summed E-state index contributed by atoms with van der Waals surface area (Å²) in [7, 11) is 4.07. The SMILES string of the molecule is CN(C)CCN(C(=O)CC1CCCN1)c1ccccc1.Cl.Cl. The van der Waals surface area contributed by atoms with Gasteiger partial charge < -0.3 is 15.1 Å². The van der Waals surface area contributed by atoms with Gasteiger partial charge in [0.2, 0.25) is 5.91 Å². The molecular weight excluding hydrogens is 321 g/mol. The summed E-state index contributed by atoms with van der Waals surface area (Å²) < 4.78 is 0. The number of likely N-dealkylation sites (N-methyl/N-ethyl adjacent to an activating group) is 1. The van der Waals surface area contributed by atoms with Gasteiger partial charge in [0.1, 0.15) is 0 Å². The number of hydrogen-bond acceptors (Lipinski definition) is 3. The van der Waals surface area contributed by atoms with Crippen LogP contribution in [-0.4, -0.2) is 50.6 Å². The standard InChI is InChI=1S/C16H25N3O.2ClH/c1-18(2)11-12-19(15-8-4-3-5-9-15)16(20)13-14-7-6-10-17-14;;/h3-5,8-9,14,17H,6-7,10-13H2,1-2H3;2*1H. The summed E-state index contributed by atoms with van der Waals surface area (Å²) in [6.45, 7) is 2.66. The van der Waals surface area contributed by atoms with Crippen LogP contribution < -0.4 is 10.2 Å². The van der Waals surface area contributed by atoms with Crippen molar-refractivity contribution in [2.24, 2.45) is 0 Å². The van der Waals surface area contributed by atoms with E-state index in [4.69, 9.17) is 0 Å². The van der Waals surface area contributed by atoms with E-state index in [0.29, 0.717) is 12.5 Å². The summed E-state index contributed by atoms with van der Waals surface area (Å²) in [5.74, 6) is 0.220. The van der Waals surface area contributed by atoms with E-state index in [2.05, 4.69) is 10.2 Å². The second kappa shape index (κ2) is 10.8. The smallest absolute Gasteiger partial charge is 0.228 e. The van der Waals surface area contributed by atoms with Crippen molar-refractivity contribution in [2.45, 2.75) is 25.3 Å². The highest BCUT2D eigenvalue weighted by molar-refractivity contribution is 5.93. The molecule has 0 radical (unpaired) electrons. The van der Waals surface area contributed by atoms with Gasteiger partial charge in [-0.2, -0.15) is 0 Å². The fraction of sp³-hybridized carbons (Fsp3) is 0.562. The monoisotopic (exact) mass is 347 g/mol. The highest BCUT2D eigenvalue weighted by atomic mass is 35.5. The number of nitrogens with zero attached hydrogens (tertiary/aromatic N) is 2. The topological polar surface area (TPSA) is 35.6 Å². The van der Waals surface area contributed by atoms with Crippen LogP contribution in [0.15, 0.2) is 30.3 Å². The van der Waals surface area contributed by atoms with E-state index < -0.39 is 0 Å². The predicted molar refractivity (Wildman–Crippen MR) is 97.5 cm³/mol. The lowest BCUT2D eigenvalue weighted by molar-refractivity contribution is -0.119. The number of rotatable bonds is 6. The summed E-state index contributed by atoms with van der Waals surface area (Å²) in [5, 5.41) is 3.40. The van der Waals surface area contributed by atoms with Gasteiger partial charge in [-0.25, -0.2) is 0 Å². The van der Waals surface area contributed by atoms with E-state index in [-0.39, 0.29) is 30.7 Å². The first-order valence-corrected chi connectivity index (χ1v) is 7.40. The Labute approximate surface area is 146 Å². The van der Waals surface area contributed by atoms with Crippen molar-refractivity contribution >= 4 is 36.4 Å². The number of benzene rings is 1. The molecule has 22 heavy (non-hydrogen) atoms. The molecule has 0 spiro atoms. The zero-order chi connectivity index (χ0) is 14.4. The van der Waals surface area contributed by atoms with Crippen LogP contribution in [0.4, 0.5) is 5.69 Å². The average Bonchev–Trinajstić information content (AvgIpc) is 2.92. The molecule has 1 aromatic rings. The zero-order valence-electron chi connectivity index (χ0n) is 13.3. The number of carbonyl (C=O) groups is 1. The molecule has 1 unspecified atom stereocenters. The van der Waals surface area contributed by atoms with E-state index in [1.165, 1.54) is 6.42 Å². The average molecular weight is 348 g/mol. The van der Waals surface area contributed by atoms with Gasteiger partial charge in [-0.3, -0.25) is 4.79 Å². The maximum Gasteiger partial charge on any atom is 0.228 e. The van der Waals surface area contributed by atoms with Crippen molar-refractivity contribution in [3.05, 3.63) is 30.3 Å². The van der Waals surface area contributed by atoms with E-state index in [9.17, 15) is 4.79 Å². The zero-order valence-corrected chi connectivity index (χ0v) is 15.0. The maximum absolute atomic E-state index is 12.6. The van der Waals surface area contributed by atoms with Crippen LogP contribution >= 0.6 is 24.8 Å². The minimum atomic E-state index is 0. The van der Waals surface area contributed by atoms with Gasteiger partial charge >= 0.3 is 0 Å². The summed E-state index contributed by atoms with van der Waals surface area (Å²) in [6, 6.07) is 10.3. The molecule has 1 fully saturated rings. The number of carbonyl (C=O) groups excluding carboxylic acids is 1. The van der Waals surface area contributed by atoms with Gasteiger partial charge in [0.15, 0.2) is 0 Å². The van der Waals surface area contributed by atoms with Gasteiger partial charge in [-0.05, 0) is 45.6 Å². The molecule has 126 valence electrons. The summed E-state index contributed by atoms with van der Waals surface area (Å²) in [4.78, 5) is 16.6. The normalized spacial score (nSPS) is 16.8. The van der Waals surface area contributed by atoms with Crippen LogP contribution in [0.3, 0.4) is 0 Å². The molecule has 0 saturated carbocycles. The minimum absolute atomic E-state index is 0. The third-order valence-corrected chi connectivity index (χ3v) is 3.72. The van der Waals surface area contributed by atoms with Crippen LogP contribution in [-0.2, 0) is 4.79 Å². The Bertz CT molecular complexity index is 423. The largest absolute Gasteiger partial charge is 0.313 e. The fourth-order valence-electron chi connectivity index (χ4n) is 2.56. The van der Waals surface area contributed by atoms with E-state index >= 15 is 0 Å². The van der Waals surface area contributed by atoms with Crippen LogP contribution in [0.2, 0.25) is 0 Å². The van der Waals surface area contributed by atoms with Gasteiger partial charge in [-0.15, -0.1) is 24.8 Å². The van der Waals surface area contributed by atoms with Gasteiger partial charge in [0.25, 0.3) is 0 Å². The Morgan fingerprint density at radius 2 is 1.86 bits per heavy atom. The first-order valence-electron chi connectivity index (χ1n) is 7.40. The second-order valence-electron chi connectivity index (χ2n) is 5.68. The predicted octanol–water partition coefficient (Wildman–Crippen LogP) is 2.57. The number of nitrogens with one attached hydrogen (secondary N) is 1. The number of halogens is 2. The summed E-state index contributed by atoms with van der Waals surface area (Å²) in [6.07, 6.45) is 2.89. The third kappa shape index (κ3) is 6.53. The van der Waals surface area contributed by atoms with Gasteiger partial charge in [0, 0.05) is 31.2 Å². The molecule has 1 N–H and O–H groups in total. The molecule has 1 aliphatic rings. The van der Waals surface area contributed by atoms with Crippen molar-refractivity contribution in [3.63, 3.8) is 0 Å². The second-order valence-corrected chi connectivity index (χ2v) is 5.68. The van der Waals surface area contributed by atoms with Crippen molar-refractivity contribution in [1.82, 2.24) is 10.2 Å². The summed E-state index contributed by atoms with van der Waals surface area (Å²) in [5.41, 5.74) is 0.998. The Morgan fingerprint density at radius 1 is 1.18 bits per heavy atom. The first-order chi connectivity index (χ1) is 9.66. The number of anilines is 1. The molecule has 4 nitrogen and oxygen atoms in total. The number of amides is 1. The van der Waals surface area contributed by atoms with Crippen LogP contribution in [0.5, 0.6) is 0 Å². The lowest BCUT2D eigenvalue weighted by Gasteiger charge is -2.26. The molecule has 1 saturated heterocycles. The lowest BCUT2D eigenvalue weighted by Crippen LogP contribution is -2.39. The Morgan fingerprint density at radius 3 is 2.41 bits per heavy atom. The Hall–Kier alpha value is -0.810. The quantitative estimate of drug-likeness (QED) is 0.858. The molecule has 0 aliphatic carbocycles. The Balaban J connectivity index is 0.00000220. The van der Waals surface area contributed by atoms with Crippen LogP contribution in [0, 0.1) is 0 Å². The molecule has 1 amide bonds. The van der Waals surface area contributed by atoms with Crippen molar-refractivity contribution in [1.29, 1.82) is 0 Å². The van der Waals surface area contributed by atoms with Gasteiger partial charge in [0.05, 0.1) is 0 Å². The highest BCUT2D eigenvalue weighted by Crippen LogP contribution is 2.17. The van der Waals surface area contributed by atoms with Crippen LogP contribution in [0.25, 0.3) is 0 Å². The molecular formula is C16H27Cl2N3O. The molecule has 1 heterocycles. The van der Waals surface area contributed by atoms with E-state index in [1.807, 2.05) is 49.3 Å². The van der Waals surface area contributed by atoms with Crippen LogP contribution in [0.1, 0.15) is 19.3 Å². The fourth-order valence-corrected chi connectivity index (χ4v) is 2.56. The number of hydrogen-bond donors (Lipinski definition) is 1. The van der Waals surface area contributed by atoms with E-state index in [1.54, 1.807) is 0 Å².